The molecule has 0 amide bonds. The fourth-order valence-corrected chi connectivity index (χ4v) is 2.88. The maximum Gasteiger partial charge on any atom is 0.180 e. The van der Waals surface area contributed by atoms with E-state index in [1.54, 1.807) is 12.1 Å². The van der Waals surface area contributed by atoms with E-state index >= 15 is 0 Å². The number of aromatic nitrogens is 3. The average Bonchev–Trinajstić information content (AvgIpc) is 2.96. The highest BCUT2D eigenvalue weighted by Crippen LogP contribution is 2.27. The number of anilines is 1. The van der Waals surface area contributed by atoms with Crippen LogP contribution in [0.1, 0.15) is 5.69 Å². The van der Waals surface area contributed by atoms with Crippen LogP contribution < -0.4 is 4.90 Å². The van der Waals surface area contributed by atoms with Gasteiger partial charge in [0, 0.05) is 36.7 Å². The Kier molecular flexibility index (Phi) is 3.38. The third-order valence-corrected chi connectivity index (χ3v) is 4.11. The zero-order valence-corrected chi connectivity index (χ0v) is 12.9. The second-order valence-corrected chi connectivity index (χ2v) is 5.69. The second-order valence-electron chi connectivity index (χ2n) is 5.69. The van der Waals surface area contributed by atoms with Gasteiger partial charge in [0.2, 0.25) is 0 Å². The summed E-state index contributed by atoms with van der Waals surface area (Å²) in [5.41, 5.74) is 3.61. The van der Waals surface area contributed by atoms with Crippen molar-refractivity contribution < 1.29 is 9.84 Å². The molecule has 4 rings (SSSR count). The van der Waals surface area contributed by atoms with Crippen molar-refractivity contribution in [2.75, 3.05) is 31.2 Å². The van der Waals surface area contributed by atoms with Crippen molar-refractivity contribution in [3.05, 3.63) is 42.4 Å². The van der Waals surface area contributed by atoms with Crippen molar-refractivity contribution >= 4 is 11.5 Å². The Morgan fingerprint density at radius 2 is 2.04 bits per heavy atom. The molecule has 118 valence electrons. The van der Waals surface area contributed by atoms with Gasteiger partial charge in [0.05, 0.1) is 18.9 Å². The molecule has 1 aromatic carbocycles. The van der Waals surface area contributed by atoms with Gasteiger partial charge < -0.3 is 14.7 Å². The number of aromatic hydroxyl groups is 1. The molecular formula is C17H18N4O2. The molecule has 1 fully saturated rings. The lowest BCUT2D eigenvalue weighted by molar-refractivity contribution is 0.122. The van der Waals surface area contributed by atoms with Crippen molar-refractivity contribution in [3.63, 3.8) is 0 Å². The van der Waals surface area contributed by atoms with E-state index in [-0.39, 0.29) is 5.75 Å². The first-order valence-corrected chi connectivity index (χ1v) is 7.69. The van der Waals surface area contributed by atoms with Crippen LogP contribution >= 0.6 is 0 Å². The first kappa shape index (κ1) is 14.0. The fraction of sp³-hybridized carbons (Fsp3) is 0.294. The van der Waals surface area contributed by atoms with Crippen LogP contribution in [0.5, 0.6) is 5.75 Å². The molecule has 0 spiro atoms. The van der Waals surface area contributed by atoms with Crippen molar-refractivity contribution in [2.45, 2.75) is 6.92 Å². The van der Waals surface area contributed by atoms with Crippen molar-refractivity contribution in [2.24, 2.45) is 0 Å². The highest BCUT2D eigenvalue weighted by Gasteiger charge is 2.19. The minimum Gasteiger partial charge on any atom is -0.508 e. The number of phenolic OH excluding ortho intramolecular Hbond substituents is 1. The molecule has 0 aliphatic carbocycles. The molecule has 3 heterocycles. The standard InChI is InChI=1S/C17H18N4O2/c1-12-10-18-16-17(20-5-7-23-8-6-20)19-15(11-21(12)16)13-3-2-4-14(22)9-13/h2-4,9-11,22H,5-8H2,1H3. The van der Waals surface area contributed by atoms with E-state index in [1.807, 2.05) is 31.5 Å². The number of ether oxygens (including phenoxy) is 1. The number of morpholine rings is 1. The van der Waals surface area contributed by atoms with Gasteiger partial charge in [-0.25, -0.2) is 9.97 Å². The Bertz CT molecular complexity index is 853. The summed E-state index contributed by atoms with van der Waals surface area (Å²) in [4.78, 5) is 11.5. The molecule has 2 aromatic heterocycles. The van der Waals surface area contributed by atoms with E-state index in [0.29, 0.717) is 13.2 Å². The number of imidazole rings is 1. The molecule has 1 aliphatic heterocycles. The molecule has 0 unspecified atom stereocenters. The third-order valence-electron chi connectivity index (χ3n) is 4.11. The summed E-state index contributed by atoms with van der Waals surface area (Å²) in [6.07, 6.45) is 3.82. The Balaban J connectivity index is 1.90. The van der Waals surface area contributed by atoms with Crippen LogP contribution in [0.4, 0.5) is 5.82 Å². The summed E-state index contributed by atoms with van der Waals surface area (Å²) >= 11 is 0. The van der Waals surface area contributed by atoms with Crippen LogP contribution in [0, 0.1) is 6.92 Å². The number of fused-ring (bicyclic) bond motifs is 1. The van der Waals surface area contributed by atoms with E-state index in [4.69, 9.17) is 9.72 Å². The highest BCUT2D eigenvalue weighted by molar-refractivity contribution is 5.71. The number of hydrogen-bond acceptors (Lipinski definition) is 5. The molecule has 0 bridgehead atoms. The van der Waals surface area contributed by atoms with Gasteiger partial charge in [-0.1, -0.05) is 12.1 Å². The number of phenols is 1. The summed E-state index contributed by atoms with van der Waals surface area (Å²) in [5, 5.41) is 9.75. The maximum absolute atomic E-state index is 9.75. The lowest BCUT2D eigenvalue weighted by atomic mass is 10.1. The molecule has 1 aliphatic rings. The predicted octanol–water partition coefficient (Wildman–Crippen LogP) is 2.25. The van der Waals surface area contributed by atoms with Crippen LogP contribution in [0.3, 0.4) is 0 Å². The van der Waals surface area contributed by atoms with Gasteiger partial charge in [-0.15, -0.1) is 0 Å². The van der Waals surface area contributed by atoms with E-state index in [1.165, 1.54) is 0 Å². The van der Waals surface area contributed by atoms with Gasteiger partial charge in [-0.05, 0) is 19.1 Å². The Morgan fingerprint density at radius 1 is 1.22 bits per heavy atom. The molecule has 3 aromatic rings. The molecule has 1 saturated heterocycles. The summed E-state index contributed by atoms with van der Waals surface area (Å²) in [6, 6.07) is 7.16. The lowest BCUT2D eigenvalue weighted by Crippen LogP contribution is -2.37. The lowest BCUT2D eigenvalue weighted by Gasteiger charge is -2.28. The van der Waals surface area contributed by atoms with E-state index in [9.17, 15) is 5.11 Å². The summed E-state index contributed by atoms with van der Waals surface area (Å²) in [7, 11) is 0. The van der Waals surface area contributed by atoms with Gasteiger partial charge in [-0.2, -0.15) is 0 Å². The molecular weight excluding hydrogens is 292 g/mol. The van der Waals surface area contributed by atoms with Crippen LogP contribution in [0.25, 0.3) is 16.9 Å². The summed E-state index contributed by atoms with van der Waals surface area (Å²) in [6.45, 7) is 5.03. The fourth-order valence-electron chi connectivity index (χ4n) is 2.88. The van der Waals surface area contributed by atoms with Gasteiger partial charge in [0.15, 0.2) is 11.5 Å². The van der Waals surface area contributed by atoms with E-state index < -0.39 is 0 Å². The number of aryl methyl sites for hydroxylation is 1. The number of nitrogens with zero attached hydrogens (tertiary/aromatic N) is 4. The first-order valence-electron chi connectivity index (χ1n) is 7.69. The van der Waals surface area contributed by atoms with Crippen LogP contribution in [0.2, 0.25) is 0 Å². The summed E-state index contributed by atoms with van der Waals surface area (Å²) in [5.74, 6) is 1.10. The zero-order valence-electron chi connectivity index (χ0n) is 12.9. The summed E-state index contributed by atoms with van der Waals surface area (Å²) < 4.78 is 7.49. The van der Waals surface area contributed by atoms with Crippen LogP contribution in [-0.4, -0.2) is 45.8 Å². The highest BCUT2D eigenvalue weighted by atomic mass is 16.5. The molecule has 0 atom stereocenters. The number of hydrogen-bond donors (Lipinski definition) is 1. The Labute approximate surface area is 134 Å². The van der Waals surface area contributed by atoms with Crippen molar-refractivity contribution in [1.82, 2.24) is 14.4 Å². The second kappa shape index (κ2) is 5.55. The quantitative estimate of drug-likeness (QED) is 0.786. The number of rotatable bonds is 2. The SMILES string of the molecule is Cc1cnc2c(N3CCOCC3)nc(-c3cccc(O)c3)cn12. The average molecular weight is 310 g/mol. The third kappa shape index (κ3) is 2.51. The van der Waals surface area contributed by atoms with E-state index in [2.05, 4.69) is 14.3 Å². The molecule has 6 heteroatoms. The minimum absolute atomic E-state index is 0.236. The molecule has 0 saturated carbocycles. The van der Waals surface area contributed by atoms with E-state index in [0.717, 1.165) is 41.5 Å². The smallest absolute Gasteiger partial charge is 0.180 e. The Hall–Kier alpha value is -2.60. The molecule has 6 nitrogen and oxygen atoms in total. The molecule has 1 N–H and O–H groups in total. The van der Waals surface area contributed by atoms with Crippen LogP contribution in [0.15, 0.2) is 36.7 Å². The normalized spacial score (nSPS) is 15.3. The topological polar surface area (TPSA) is 62.9 Å². The Morgan fingerprint density at radius 3 is 2.83 bits per heavy atom. The monoisotopic (exact) mass is 310 g/mol. The molecule has 0 radical (unpaired) electrons. The maximum atomic E-state index is 9.75. The van der Waals surface area contributed by atoms with Gasteiger partial charge in [-0.3, -0.25) is 4.40 Å². The predicted molar refractivity (Wildman–Crippen MR) is 87.9 cm³/mol. The zero-order chi connectivity index (χ0) is 15.8. The van der Waals surface area contributed by atoms with Gasteiger partial charge >= 0.3 is 0 Å². The molecule has 23 heavy (non-hydrogen) atoms. The van der Waals surface area contributed by atoms with Gasteiger partial charge in [0.25, 0.3) is 0 Å². The van der Waals surface area contributed by atoms with Crippen LogP contribution in [-0.2, 0) is 4.74 Å². The van der Waals surface area contributed by atoms with Crippen molar-refractivity contribution in [1.29, 1.82) is 0 Å². The van der Waals surface area contributed by atoms with Crippen molar-refractivity contribution in [3.8, 4) is 17.0 Å². The number of benzene rings is 1. The van der Waals surface area contributed by atoms with Gasteiger partial charge in [0.1, 0.15) is 5.75 Å². The first-order chi connectivity index (χ1) is 11.2. The largest absolute Gasteiger partial charge is 0.508 e. The minimum atomic E-state index is 0.236.